The zero-order valence-electron chi connectivity index (χ0n) is 13.3. The fraction of sp³-hybridized carbons (Fsp3) is 0.667. The van der Waals surface area contributed by atoms with E-state index < -0.39 is 5.60 Å². The molecular formula is C15H23N5O3. The lowest BCUT2D eigenvalue weighted by Crippen LogP contribution is -2.61. The van der Waals surface area contributed by atoms with Crippen LogP contribution in [0.3, 0.4) is 0 Å². The molecule has 0 spiro atoms. The maximum atomic E-state index is 12.0. The predicted molar refractivity (Wildman–Crippen MR) is 84.8 cm³/mol. The minimum Gasteiger partial charge on any atom is -0.389 e. The minimum atomic E-state index is -0.709. The molecule has 2 fully saturated rings. The van der Waals surface area contributed by atoms with Crippen molar-refractivity contribution < 1.29 is 14.6 Å². The number of likely N-dealkylation sites (tertiary alicyclic amines) is 1. The lowest BCUT2D eigenvalue weighted by molar-refractivity contribution is -0.145. The van der Waals surface area contributed by atoms with E-state index in [1.165, 1.54) is 13.4 Å². The number of nitrogen functional groups attached to an aromatic ring is 1. The second-order valence-electron chi connectivity index (χ2n) is 6.32. The number of fused-ring (bicyclic) bond motifs is 1. The maximum Gasteiger partial charge on any atom is 0.248 e. The number of nitrogens with zero attached hydrogens (tertiary/aromatic N) is 4. The van der Waals surface area contributed by atoms with Crippen LogP contribution < -0.4 is 10.6 Å². The quantitative estimate of drug-likeness (QED) is 0.773. The molecule has 0 unspecified atom stereocenters. The van der Waals surface area contributed by atoms with Gasteiger partial charge < -0.3 is 25.4 Å². The summed E-state index contributed by atoms with van der Waals surface area (Å²) in [5.41, 5.74) is 5.01. The monoisotopic (exact) mass is 321 g/mol. The van der Waals surface area contributed by atoms with Crippen molar-refractivity contribution in [3.8, 4) is 0 Å². The van der Waals surface area contributed by atoms with Gasteiger partial charge in [0.1, 0.15) is 24.6 Å². The molecule has 126 valence electrons. The van der Waals surface area contributed by atoms with Crippen molar-refractivity contribution in [2.45, 2.75) is 18.4 Å². The molecule has 8 heteroatoms. The van der Waals surface area contributed by atoms with Crippen molar-refractivity contribution >= 4 is 17.5 Å². The fourth-order valence-corrected chi connectivity index (χ4v) is 3.49. The average molecular weight is 321 g/mol. The third kappa shape index (κ3) is 3.23. The summed E-state index contributed by atoms with van der Waals surface area (Å²) in [6.07, 6.45) is 2.71. The van der Waals surface area contributed by atoms with Crippen molar-refractivity contribution in [1.82, 2.24) is 14.9 Å². The van der Waals surface area contributed by atoms with Gasteiger partial charge in [-0.1, -0.05) is 0 Å². The Labute approximate surface area is 135 Å². The molecule has 2 aliphatic heterocycles. The van der Waals surface area contributed by atoms with Crippen LogP contribution in [0.1, 0.15) is 12.8 Å². The van der Waals surface area contributed by atoms with Gasteiger partial charge in [-0.3, -0.25) is 4.79 Å². The number of carbonyl (C=O) groups excluding carboxylic acids is 1. The first kappa shape index (κ1) is 15.9. The van der Waals surface area contributed by atoms with Crippen LogP contribution in [0.5, 0.6) is 0 Å². The van der Waals surface area contributed by atoms with E-state index in [9.17, 15) is 9.90 Å². The van der Waals surface area contributed by atoms with Gasteiger partial charge in [0.2, 0.25) is 5.91 Å². The van der Waals surface area contributed by atoms with Gasteiger partial charge in [0.05, 0.1) is 5.60 Å². The maximum absolute atomic E-state index is 12.0. The largest absolute Gasteiger partial charge is 0.389 e. The standard InChI is InChI=1S/C15H23N5O3/c1-23-9-14(21)20-5-3-15(22)2-4-19(7-11(15)8-20)13-6-12(16)17-10-18-13/h6,10-11,22H,2-5,7-9H2,1H3,(H2,16,17,18)/t11-,15-/m0/s1. The average Bonchev–Trinajstić information content (AvgIpc) is 2.54. The summed E-state index contributed by atoms with van der Waals surface area (Å²) in [5.74, 6) is 1.15. The molecule has 0 aliphatic carbocycles. The van der Waals surface area contributed by atoms with Gasteiger partial charge in [0.25, 0.3) is 0 Å². The molecular weight excluding hydrogens is 298 g/mol. The van der Waals surface area contributed by atoms with E-state index in [4.69, 9.17) is 10.5 Å². The number of aliphatic hydroxyl groups is 1. The van der Waals surface area contributed by atoms with Crippen LogP contribution in [-0.4, -0.2) is 71.4 Å². The number of carbonyl (C=O) groups is 1. The summed E-state index contributed by atoms with van der Waals surface area (Å²) in [6.45, 7) is 2.56. The first-order valence-corrected chi connectivity index (χ1v) is 7.83. The molecule has 2 aliphatic rings. The topological polar surface area (TPSA) is 105 Å². The van der Waals surface area contributed by atoms with Gasteiger partial charge >= 0.3 is 0 Å². The summed E-state index contributed by atoms with van der Waals surface area (Å²) >= 11 is 0. The van der Waals surface area contributed by atoms with Crippen LogP contribution in [-0.2, 0) is 9.53 Å². The Hall–Kier alpha value is -1.93. The third-order valence-electron chi connectivity index (χ3n) is 4.89. The molecule has 2 atom stereocenters. The van der Waals surface area contributed by atoms with E-state index in [2.05, 4.69) is 14.9 Å². The lowest BCUT2D eigenvalue weighted by atomic mass is 9.75. The number of amides is 1. The molecule has 1 aromatic heterocycles. The van der Waals surface area contributed by atoms with Crippen LogP contribution in [0.2, 0.25) is 0 Å². The van der Waals surface area contributed by atoms with Gasteiger partial charge in [0, 0.05) is 45.3 Å². The van der Waals surface area contributed by atoms with Crippen LogP contribution in [0, 0.1) is 5.92 Å². The highest BCUT2D eigenvalue weighted by atomic mass is 16.5. The number of rotatable bonds is 3. The Morgan fingerprint density at radius 3 is 2.96 bits per heavy atom. The van der Waals surface area contributed by atoms with E-state index in [0.717, 1.165) is 12.4 Å². The van der Waals surface area contributed by atoms with Gasteiger partial charge in [0.15, 0.2) is 0 Å². The first-order valence-electron chi connectivity index (χ1n) is 7.83. The Bertz CT molecular complexity index is 584. The van der Waals surface area contributed by atoms with Crippen molar-refractivity contribution in [3.05, 3.63) is 12.4 Å². The second kappa shape index (κ2) is 6.29. The Morgan fingerprint density at radius 2 is 2.22 bits per heavy atom. The van der Waals surface area contributed by atoms with E-state index in [0.29, 0.717) is 38.3 Å². The van der Waals surface area contributed by atoms with Crippen LogP contribution in [0.25, 0.3) is 0 Å². The molecule has 0 bridgehead atoms. The molecule has 0 aromatic carbocycles. The highest BCUT2D eigenvalue weighted by Crippen LogP contribution is 2.36. The number of nitrogens with two attached hydrogens (primary N) is 1. The molecule has 3 heterocycles. The van der Waals surface area contributed by atoms with E-state index >= 15 is 0 Å². The third-order valence-corrected chi connectivity index (χ3v) is 4.89. The van der Waals surface area contributed by atoms with Crippen molar-refractivity contribution in [2.75, 3.05) is 50.5 Å². The molecule has 3 N–H and O–H groups in total. The molecule has 8 nitrogen and oxygen atoms in total. The molecule has 1 amide bonds. The summed E-state index contributed by atoms with van der Waals surface area (Å²) < 4.78 is 4.93. The number of anilines is 2. The smallest absolute Gasteiger partial charge is 0.248 e. The normalized spacial score (nSPS) is 27.7. The van der Waals surface area contributed by atoms with Crippen molar-refractivity contribution in [2.24, 2.45) is 5.92 Å². The Balaban J connectivity index is 1.72. The molecule has 0 saturated carbocycles. The van der Waals surface area contributed by atoms with Crippen LogP contribution in [0.15, 0.2) is 12.4 Å². The van der Waals surface area contributed by atoms with E-state index in [1.807, 2.05) is 0 Å². The number of methoxy groups -OCH3 is 1. The minimum absolute atomic E-state index is 0.0120. The van der Waals surface area contributed by atoms with Crippen LogP contribution >= 0.6 is 0 Å². The van der Waals surface area contributed by atoms with E-state index in [1.54, 1.807) is 11.0 Å². The van der Waals surface area contributed by atoms with Gasteiger partial charge in [-0.05, 0) is 12.8 Å². The molecule has 0 radical (unpaired) electrons. The predicted octanol–water partition coefficient (Wildman–Crippen LogP) is -0.505. The fourth-order valence-electron chi connectivity index (χ4n) is 3.49. The molecule has 1 aromatic rings. The zero-order valence-corrected chi connectivity index (χ0v) is 13.3. The number of piperidine rings is 2. The number of hydrogen-bond acceptors (Lipinski definition) is 7. The second-order valence-corrected chi connectivity index (χ2v) is 6.32. The number of hydrogen-bond donors (Lipinski definition) is 2. The highest BCUT2D eigenvalue weighted by molar-refractivity contribution is 5.77. The summed E-state index contributed by atoms with van der Waals surface area (Å²) in [5, 5.41) is 10.9. The first-order chi connectivity index (χ1) is 11.0. The summed E-state index contributed by atoms with van der Waals surface area (Å²) in [6, 6.07) is 1.74. The lowest BCUT2D eigenvalue weighted by Gasteiger charge is -2.50. The summed E-state index contributed by atoms with van der Waals surface area (Å²) in [7, 11) is 1.51. The number of aromatic nitrogens is 2. The number of ether oxygens (including phenoxy) is 1. The van der Waals surface area contributed by atoms with Crippen molar-refractivity contribution in [1.29, 1.82) is 0 Å². The zero-order chi connectivity index (χ0) is 16.4. The highest BCUT2D eigenvalue weighted by Gasteiger charge is 2.46. The molecule has 2 saturated heterocycles. The van der Waals surface area contributed by atoms with Gasteiger partial charge in [-0.25, -0.2) is 9.97 Å². The van der Waals surface area contributed by atoms with E-state index in [-0.39, 0.29) is 18.4 Å². The Kier molecular flexibility index (Phi) is 4.36. The molecule has 3 rings (SSSR count). The Morgan fingerprint density at radius 1 is 1.43 bits per heavy atom. The van der Waals surface area contributed by atoms with Crippen LogP contribution in [0.4, 0.5) is 11.6 Å². The SMILES string of the molecule is COCC(=O)N1CC[C@@]2(O)CCN(c3cc(N)ncn3)C[C@H]2C1. The van der Waals surface area contributed by atoms with Gasteiger partial charge in [-0.15, -0.1) is 0 Å². The van der Waals surface area contributed by atoms with Gasteiger partial charge in [-0.2, -0.15) is 0 Å². The molecule has 23 heavy (non-hydrogen) atoms. The summed E-state index contributed by atoms with van der Waals surface area (Å²) in [4.78, 5) is 24.1. The van der Waals surface area contributed by atoms with Crippen molar-refractivity contribution in [3.63, 3.8) is 0 Å².